The summed E-state index contributed by atoms with van der Waals surface area (Å²) in [6.45, 7) is 7.09. The Morgan fingerprint density at radius 2 is 1.91 bits per heavy atom. The molecule has 234 valence electrons. The predicted molar refractivity (Wildman–Crippen MR) is 161 cm³/mol. The second kappa shape index (κ2) is 14.1. The monoisotopic (exact) mass is 618 g/mol. The highest BCUT2D eigenvalue weighted by Gasteiger charge is 2.30. The number of benzene rings is 1. The van der Waals surface area contributed by atoms with Crippen LogP contribution in [0.5, 0.6) is 5.75 Å². The maximum Gasteiger partial charge on any atom is 0.275 e. The second-order valence-electron chi connectivity index (χ2n) is 10.4. The number of nitrogens with zero attached hydrogens (tertiary/aromatic N) is 6. The molecule has 0 aliphatic carbocycles. The number of fused-ring (bicyclic) bond motifs is 1. The Hall–Kier alpha value is -3.82. The van der Waals surface area contributed by atoms with Gasteiger partial charge in [-0.05, 0) is 31.0 Å². The summed E-state index contributed by atoms with van der Waals surface area (Å²) in [4.78, 5) is 39.4. The molecule has 0 amide bonds. The first-order valence-corrected chi connectivity index (χ1v) is 15.9. The first-order valence-electron chi connectivity index (χ1n) is 14.4. The maximum absolute atomic E-state index is 13.7. The summed E-state index contributed by atoms with van der Waals surface area (Å²) < 4.78 is 36.5. The quantitative estimate of drug-likeness (QED) is 0.120. The zero-order valence-corrected chi connectivity index (χ0v) is 25.9. The Bertz CT molecular complexity index is 1640. The Labute approximate surface area is 250 Å². The van der Waals surface area contributed by atoms with Gasteiger partial charge in [-0.15, -0.1) is 0 Å². The molecule has 14 nitrogen and oxygen atoms in total. The number of aryl methyl sites for hydroxylation is 2. The highest BCUT2D eigenvalue weighted by molar-refractivity contribution is 7.89. The van der Waals surface area contributed by atoms with Crippen molar-refractivity contribution < 1.29 is 28.1 Å². The number of piperazine rings is 1. The largest absolute Gasteiger partial charge is 0.493 e. The maximum atomic E-state index is 13.7. The third kappa shape index (κ3) is 7.05. The van der Waals surface area contributed by atoms with Crippen LogP contribution in [0.25, 0.3) is 22.4 Å². The molecule has 0 radical (unpaired) electrons. The van der Waals surface area contributed by atoms with Gasteiger partial charge in [0.2, 0.25) is 22.0 Å². The smallest absolute Gasteiger partial charge is 0.275 e. The molecule has 3 heterocycles. The van der Waals surface area contributed by atoms with Crippen LogP contribution in [0.3, 0.4) is 0 Å². The van der Waals surface area contributed by atoms with E-state index in [9.17, 15) is 23.3 Å². The molecule has 0 spiro atoms. The lowest BCUT2D eigenvalue weighted by Crippen LogP contribution is -2.48. The summed E-state index contributed by atoms with van der Waals surface area (Å²) in [7, 11) is -0.864. The molecule has 0 bridgehead atoms. The van der Waals surface area contributed by atoms with Crippen molar-refractivity contribution in [3.05, 3.63) is 44.7 Å². The van der Waals surface area contributed by atoms with Gasteiger partial charge >= 0.3 is 0 Å². The van der Waals surface area contributed by atoms with E-state index in [0.29, 0.717) is 91.7 Å². The minimum atomic E-state index is -3.86. The van der Waals surface area contributed by atoms with E-state index in [1.165, 1.54) is 29.7 Å². The molecule has 2 aromatic heterocycles. The molecule has 4 rings (SSSR count). The van der Waals surface area contributed by atoms with Gasteiger partial charge < -0.3 is 24.4 Å². The van der Waals surface area contributed by atoms with E-state index in [2.05, 4.69) is 15.0 Å². The summed E-state index contributed by atoms with van der Waals surface area (Å²) in [5, 5.41) is 12.4. The van der Waals surface area contributed by atoms with Gasteiger partial charge in [0.15, 0.2) is 6.61 Å². The van der Waals surface area contributed by atoms with Gasteiger partial charge in [-0.25, -0.2) is 18.2 Å². The van der Waals surface area contributed by atoms with Crippen molar-refractivity contribution in [2.45, 2.75) is 44.4 Å². The van der Waals surface area contributed by atoms with E-state index < -0.39 is 15.6 Å². The van der Waals surface area contributed by atoms with E-state index in [1.807, 2.05) is 13.8 Å². The zero-order chi connectivity index (χ0) is 31.1. The van der Waals surface area contributed by atoms with Gasteiger partial charge in [0.25, 0.3) is 5.56 Å². The van der Waals surface area contributed by atoms with Crippen LogP contribution < -0.4 is 10.3 Å². The zero-order valence-electron chi connectivity index (χ0n) is 25.1. The molecule has 1 aliphatic rings. The van der Waals surface area contributed by atoms with E-state index in [0.717, 1.165) is 18.4 Å². The molecule has 43 heavy (non-hydrogen) atoms. The highest BCUT2D eigenvalue weighted by Crippen LogP contribution is 2.33. The molecule has 1 aliphatic heterocycles. The lowest BCUT2D eigenvalue weighted by atomic mass is 10.1. The number of sulfonamides is 1. The number of aromatic nitrogens is 3. The summed E-state index contributed by atoms with van der Waals surface area (Å²) in [5.74, 6) is 0.594. The van der Waals surface area contributed by atoms with Crippen LogP contribution in [-0.4, -0.2) is 101 Å². The third-order valence-electron chi connectivity index (χ3n) is 7.40. The highest BCUT2D eigenvalue weighted by atomic mass is 32.2. The van der Waals surface area contributed by atoms with Gasteiger partial charge in [0.05, 0.1) is 33.9 Å². The van der Waals surface area contributed by atoms with Crippen molar-refractivity contribution in [1.29, 1.82) is 0 Å². The van der Waals surface area contributed by atoms with Crippen LogP contribution >= 0.6 is 0 Å². The van der Waals surface area contributed by atoms with E-state index >= 15 is 0 Å². The molecule has 15 heteroatoms. The summed E-state index contributed by atoms with van der Waals surface area (Å²) in [6, 6.07) is 4.63. The van der Waals surface area contributed by atoms with Crippen LogP contribution in [0.4, 0.5) is 0 Å². The molecule has 1 saturated heterocycles. The Balaban J connectivity index is 1.69. The topological polar surface area (TPSA) is 162 Å². The molecule has 2 N–H and O–H groups in total. The van der Waals surface area contributed by atoms with Crippen molar-refractivity contribution in [3.63, 3.8) is 0 Å². The Morgan fingerprint density at radius 3 is 2.56 bits per heavy atom. The van der Waals surface area contributed by atoms with Crippen molar-refractivity contribution in [1.82, 2.24) is 23.7 Å². The normalized spacial score (nSPS) is 15.0. The number of H-pyrrole nitrogens is 1. The second-order valence-corrected chi connectivity index (χ2v) is 12.3. The number of aromatic amines is 1. The van der Waals surface area contributed by atoms with Gasteiger partial charge in [-0.2, -0.15) is 4.31 Å². The summed E-state index contributed by atoms with van der Waals surface area (Å²) >= 11 is 0. The third-order valence-corrected chi connectivity index (χ3v) is 9.29. The summed E-state index contributed by atoms with van der Waals surface area (Å²) in [5.41, 5.74) is 2.06. The SMILES string of the molecule is CCCOc1ccc(S(=O)(=O)N2CCN(CCCO[N+](C)=O)CC2)cc1-c1nc2c(CCC)c(/C=N/O)n(C)c2c(=O)[nH]1. The van der Waals surface area contributed by atoms with Crippen LogP contribution in [0, 0.1) is 4.91 Å². The molecule has 0 unspecified atom stereocenters. The number of hydrogen-bond acceptors (Lipinski definition) is 10. The molecule has 3 aromatic rings. The van der Waals surface area contributed by atoms with E-state index in [-0.39, 0.29) is 10.7 Å². The molecule has 1 aromatic carbocycles. The van der Waals surface area contributed by atoms with Gasteiger partial charge in [-0.3, -0.25) is 4.79 Å². The van der Waals surface area contributed by atoms with Crippen molar-refractivity contribution in [2.24, 2.45) is 12.2 Å². The van der Waals surface area contributed by atoms with Gasteiger partial charge in [-0.1, -0.05) is 25.4 Å². The van der Waals surface area contributed by atoms with Gasteiger partial charge in [0, 0.05) is 51.8 Å². The van der Waals surface area contributed by atoms with E-state index in [1.54, 1.807) is 17.7 Å². The van der Waals surface area contributed by atoms with Crippen LogP contribution in [0.1, 0.15) is 44.4 Å². The van der Waals surface area contributed by atoms with Crippen molar-refractivity contribution in [3.8, 4) is 17.1 Å². The fraction of sp³-hybridized carbons (Fsp3) is 0.536. The Morgan fingerprint density at radius 1 is 1.16 bits per heavy atom. The summed E-state index contributed by atoms with van der Waals surface area (Å²) in [6.07, 6.45) is 4.04. The number of hydrogen-bond donors (Lipinski definition) is 2. The van der Waals surface area contributed by atoms with Crippen molar-refractivity contribution in [2.75, 3.05) is 53.0 Å². The Kier molecular flexibility index (Phi) is 10.5. The van der Waals surface area contributed by atoms with Crippen LogP contribution in [-0.2, 0) is 28.3 Å². The fourth-order valence-electron chi connectivity index (χ4n) is 5.29. The predicted octanol–water partition coefficient (Wildman–Crippen LogP) is 2.51. The van der Waals surface area contributed by atoms with Crippen LogP contribution in [0.2, 0.25) is 0 Å². The average Bonchev–Trinajstić information content (AvgIpc) is 3.25. The van der Waals surface area contributed by atoms with Crippen LogP contribution in [0.15, 0.2) is 33.0 Å². The minimum Gasteiger partial charge on any atom is -0.493 e. The number of oxime groups is 1. The first-order chi connectivity index (χ1) is 20.6. The van der Waals surface area contributed by atoms with Crippen molar-refractivity contribution >= 4 is 27.3 Å². The number of nitrogens with one attached hydrogen (secondary N) is 1. The molecular weight excluding hydrogens is 578 g/mol. The standard InChI is InChI=1S/C28H39N7O7S/c1-5-8-21-23(19-29-37)32(3)26-25(21)30-27(31-28(26)36)22-18-20(9-10-24(22)41-16-6-2)43(39,40)35-14-12-34(13-15-35)11-7-17-42-33(4)38/h9-10,18-19H,5-8,11-17H2,1-4H3,(H-,30,31,36,37)/p+1. The van der Waals surface area contributed by atoms with E-state index in [4.69, 9.17) is 14.6 Å². The molecule has 0 saturated carbocycles. The van der Waals surface area contributed by atoms with Gasteiger partial charge in [0.1, 0.15) is 22.6 Å². The lowest BCUT2D eigenvalue weighted by molar-refractivity contribution is -0.784. The molecule has 0 atom stereocenters. The lowest BCUT2D eigenvalue weighted by Gasteiger charge is -2.33. The average molecular weight is 619 g/mol. The molecule has 1 fully saturated rings. The fourth-order valence-corrected chi connectivity index (χ4v) is 6.74. The molecular formula is C28H40N7O7S+. The minimum absolute atomic E-state index is 0.0735. The first kappa shape index (κ1) is 32.1. The number of ether oxygens (including phenoxy) is 1. The number of rotatable bonds is 14.